The summed E-state index contributed by atoms with van der Waals surface area (Å²) >= 11 is 0. The molecule has 1 aliphatic rings. The number of carbonyl (C=O) groups is 1. The van der Waals surface area contributed by atoms with E-state index in [0.717, 1.165) is 23.6 Å². The minimum absolute atomic E-state index is 0.0256. The molecular formula is C16H14NO2. The van der Waals surface area contributed by atoms with E-state index in [1.54, 1.807) is 0 Å². The van der Waals surface area contributed by atoms with E-state index in [0.29, 0.717) is 12.1 Å². The number of carbonyl (C=O) groups excluding carboxylic acids is 2. The van der Waals surface area contributed by atoms with Gasteiger partial charge in [0.05, 0.1) is 6.04 Å². The number of benzene rings is 2. The van der Waals surface area contributed by atoms with E-state index in [4.69, 9.17) is 0 Å². The maximum Gasteiger partial charge on any atom is 0.312 e. The lowest BCUT2D eigenvalue weighted by Crippen LogP contribution is -2.35. The lowest BCUT2D eigenvalue weighted by Gasteiger charge is -2.18. The average Bonchev–Trinajstić information content (AvgIpc) is 2.94. The van der Waals surface area contributed by atoms with Crippen molar-refractivity contribution in [3.63, 3.8) is 0 Å². The van der Waals surface area contributed by atoms with Gasteiger partial charge in [-0.05, 0) is 23.6 Å². The van der Waals surface area contributed by atoms with Crippen LogP contribution in [0.5, 0.6) is 0 Å². The molecule has 0 saturated carbocycles. The van der Waals surface area contributed by atoms with Gasteiger partial charge in [-0.2, -0.15) is 0 Å². The number of hydrogen-bond donors (Lipinski definition) is 0. The summed E-state index contributed by atoms with van der Waals surface area (Å²) in [7, 11) is 0. The fourth-order valence-corrected chi connectivity index (χ4v) is 2.77. The topological polar surface area (TPSA) is 37.4 Å². The molecule has 0 aliphatic carbocycles. The Morgan fingerprint density at radius 3 is 2.79 bits per heavy atom. The molecule has 1 atom stereocenters. The van der Waals surface area contributed by atoms with Crippen molar-refractivity contribution in [1.82, 2.24) is 4.90 Å². The van der Waals surface area contributed by atoms with Gasteiger partial charge in [0.15, 0.2) is 5.78 Å². The highest BCUT2D eigenvalue weighted by Crippen LogP contribution is 2.24. The maximum atomic E-state index is 12.6. The number of fused-ring (bicyclic) bond motifs is 1. The third kappa shape index (κ3) is 2.01. The first kappa shape index (κ1) is 11.9. The van der Waals surface area contributed by atoms with Crippen LogP contribution in [-0.2, 0) is 4.79 Å². The van der Waals surface area contributed by atoms with Crippen LogP contribution in [-0.4, -0.2) is 29.7 Å². The molecule has 2 aromatic carbocycles. The Kier molecular flexibility index (Phi) is 3.03. The van der Waals surface area contributed by atoms with Gasteiger partial charge in [0.25, 0.3) is 0 Å². The first-order valence-electron chi connectivity index (χ1n) is 6.47. The smallest absolute Gasteiger partial charge is 0.312 e. The van der Waals surface area contributed by atoms with Crippen LogP contribution < -0.4 is 0 Å². The summed E-state index contributed by atoms with van der Waals surface area (Å²) in [5, 5.41) is 2.00. The minimum atomic E-state index is -0.344. The van der Waals surface area contributed by atoms with E-state index in [1.807, 2.05) is 48.9 Å². The van der Waals surface area contributed by atoms with Gasteiger partial charge in [-0.1, -0.05) is 42.5 Å². The van der Waals surface area contributed by atoms with Crippen LogP contribution in [0.25, 0.3) is 10.8 Å². The molecule has 2 aromatic rings. The Balaban J connectivity index is 2.04. The molecule has 1 heterocycles. The van der Waals surface area contributed by atoms with Gasteiger partial charge >= 0.3 is 6.41 Å². The number of Topliss-reactive ketones (excluding diaryl/α,β-unsaturated/α-hetero) is 1. The molecule has 0 bridgehead atoms. The van der Waals surface area contributed by atoms with Gasteiger partial charge in [0.2, 0.25) is 0 Å². The van der Waals surface area contributed by atoms with Crippen molar-refractivity contribution in [1.29, 1.82) is 0 Å². The van der Waals surface area contributed by atoms with Crippen molar-refractivity contribution >= 4 is 23.0 Å². The second-order valence-electron chi connectivity index (χ2n) is 4.83. The number of ketones is 1. The number of nitrogens with zero attached hydrogens (tertiary/aromatic N) is 1. The van der Waals surface area contributed by atoms with Crippen LogP contribution in [0.15, 0.2) is 42.5 Å². The van der Waals surface area contributed by atoms with Crippen molar-refractivity contribution in [2.45, 2.75) is 18.9 Å². The lowest BCUT2D eigenvalue weighted by atomic mass is 9.96. The SMILES string of the molecule is O=[C]N1CCCC1C(=O)c1cccc2ccccc12. The Morgan fingerprint density at radius 1 is 1.16 bits per heavy atom. The van der Waals surface area contributed by atoms with Gasteiger partial charge in [-0.15, -0.1) is 0 Å². The Labute approximate surface area is 111 Å². The Bertz CT molecular complexity index is 630. The Morgan fingerprint density at radius 2 is 1.95 bits per heavy atom. The highest BCUT2D eigenvalue weighted by molar-refractivity contribution is 6.11. The predicted octanol–water partition coefficient (Wildman–Crippen LogP) is 2.55. The first-order valence-corrected chi connectivity index (χ1v) is 6.47. The number of rotatable bonds is 3. The molecule has 0 spiro atoms. The van der Waals surface area contributed by atoms with Crippen LogP contribution in [0.1, 0.15) is 23.2 Å². The van der Waals surface area contributed by atoms with E-state index in [1.165, 1.54) is 4.90 Å². The largest absolute Gasteiger partial charge is 0.324 e. The van der Waals surface area contributed by atoms with Crippen molar-refractivity contribution in [3.8, 4) is 0 Å². The Hall–Kier alpha value is -2.16. The van der Waals surface area contributed by atoms with Crippen LogP contribution in [0.4, 0.5) is 0 Å². The molecule has 19 heavy (non-hydrogen) atoms. The monoisotopic (exact) mass is 252 g/mol. The molecule has 95 valence electrons. The molecule has 1 radical (unpaired) electrons. The summed E-state index contributed by atoms with van der Waals surface area (Å²) in [5.41, 5.74) is 0.699. The average molecular weight is 252 g/mol. The van der Waals surface area contributed by atoms with Gasteiger partial charge in [-0.25, -0.2) is 0 Å². The summed E-state index contributed by atoms with van der Waals surface area (Å²) in [4.78, 5) is 25.0. The number of hydrogen-bond acceptors (Lipinski definition) is 2. The van der Waals surface area contributed by atoms with Crippen LogP contribution in [0, 0.1) is 0 Å². The molecular weight excluding hydrogens is 238 g/mol. The summed E-state index contributed by atoms with van der Waals surface area (Å²) in [6.07, 6.45) is 3.48. The fourth-order valence-electron chi connectivity index (χ4n) is 2.77. The van der Waals surface area contributed by atoms with Crippen molar-refractivity contribution < 1.29 is 9.59 Å². The number of amides is 1. The summed E-state index contributed by atoms with van der Waals surface area (Å²) in [6.45, 7) is 0.630. The van der Waals surface area contributed by atoms with E-state index in [-0.39, 0.29) is 11.8 Å². The molecule has 3 heteroatoms. The first-order chi connectivity index (χ1) is 9.31. The lowest BCUT2D eigenvalue weighted by molar-refractivity contribution is 0.0913. The van der Waals surface area contributed by atoms with Crippen LogP contribution in [0.2, 0.25) is 0 Å². The fraction of sp³-hybridized carbons (Fsp3) is 0.250. The zero-order valence-electron chi connectivity index (χ0n) is 10.5. The van der Waals surface area contributed by atoms with Gasteiger partial charge in [-0.3, -0.25) is 9.59 Å². The van der Waals surface area contributed by atoms with Gasteiger partial charge in [0, 0.05) is 12.1 Å². The van der Waals surface area contributed by atoms with Gasteiger partial charge < -0.3 is 4.90 Å². The molecule has 3 rings (SSSR count). The zero-order valence-corrected chi connectivity index (χ0v) is 10.5. The van der Waals surface area contributed by atoms with E-state index in [9.17, 15) is 9.59 Å². The molecule has 1 fully saturated rings. The minimum Gasteiger partial charge on any atom is -0.324 e. The second-order valence-corrected chi connectivity index (χ2v) is 4.83. The van der Waals surface area contributed by atoms with Crippen LogP contribution in [0.3, 0.4) is 0 Å². The predicted molar refractivity (Wildman–Crippen MR) is 73.7 cm³/mol. The van der Waals surface area contributed by atoms with Crippen molar-refractivity contribution in [2.24, 2.45) is 0 Å². The number of likely N-dealkylation sites (tertiary alicyclic amines) is 1. The second kappa shape index (κ2) is 4.84. The van der Waals surface area contributed by atoms with Gasteiger partial charge in [0.1, 0.15) is 0 Å². The summed E-state index contributed by atoms with van der Waals surface area (Å²) < 4.78 is 0. The summed E-state index contributed by atoms with van der Waals surface area (Å²) in [5.74, 6) is 0.0256. The van der Waals surface area contributed by atoms with E-state index < -0.39 is 0 Å². The quantitative estimate of drug-likeness (QED) is 0.787. The molecule has 0 N–H and O–H groups in total. The standard InChI is InChI=1S/C16H14NO2/c18-11-17-10-4-9-15(17)16(19)14-8-3-6-12-5-1-2-7-13(12)14/h1-3,5-8,15H,4,9-10H2. The normalized spacial score (nSPS) is 18.7. The van der Waals surface area contributed by atoms with E-state index >= 15 is 0 Å². The third-order valence-electron chi connectivity index (χ3n) is 3.73. The van der Waals surface area contributed by atoms with Crippen LogP contribution >= 0.6 is 0 Å². The molecule has 3 nitrogen and oxygen atoms in total. The van der Waals surface area contributed by atoms with Crippen molar-refractivity contribution in [2.75, 3.05) is 6.54 Å². The third-order valence-corrected chi connectivity index (χ3v) is 3.73. The zero-order chi connectivity index (χ0) is 13.2. The molecule has 1 amide bonds. The highest BCUT2D eigenvalue weighted by atomic mass is 16.1. The molecule has 1 unspecified atom stereocenters. The molecule has 1 saturated heterocycles. The molecule has 1 aliphatic heterocycles. The van der Waals surface area contributed by atoms with Crippen molar-refractivity contribution in [3.05, 3.63) is 48.0 Å². The van der Waals surface area contributed by atoms with E-state index in [2.05, 4.69) is 0 Å². The maximum absolute atomic E-state index is 12.6. The highest BCUT2D eigenvalue weighted by Gasteiger charge is 2.31. The molecule has 0 aromatic heterocycles. The summed E-state index contributed by atoms with van der Waals surface area (Å²) in [6, 6.07) is 13.2.